The smallest absolute Gasteiger partial charge is 0.0621 e. The minimum Gasteiger partial charge on any atom is -0.396 e. The molecule has 0 saturated heterocycles. The van der Waals surface area contributed by atoms with E-state index < -0.39 is 0 Å². The van der Waals surface area contributed by atoms with Crippen LogP contribution in [0.25, 0.3) is 0 Å². The van der Waals surface area contributed by atoms with Crippen molar-refractivity contribution in [3.05, 3.63) is 0 Å². The molecule has 0 unspecified atom stereocenters. The Morgan fingerprint density at radius 1 is 1.12 bits per heavy atom. The third-order valence-corrected chi connectivity index (χ3v) is 6.58. The topological polar surface area (TPSA) is 40.5 Å². The molecule has 0 aromatic heterocycles. The van der Waals surface area contributed by atoms with Crippen LogP contribution in [-0.2, 0) is 0 Å². The van der Waals surface area contributed by atoms with Gasteiger partial charge in [0.05, 0.1) is 12.7 Å². The van der Waals surface area contributed by atoms with Gasteiger partial charge in [0.15, 0.2) is 0 Å². The van der Waals surface area contributed by atoms with E-state index in [0.29, 0.717) is 17.3 Å². The molecule has 0 amide bonds. The quantitative estimate of drug-likeness (QED) is 0.736. The first-order valence-electron chi connectivity index (χ1n) is 7.24. The highest BCUT2D eigenvalue weighted by atomic mass is 16.3. The number of aliphatic hydroxyl groups is 2. The molecule has 0 radical (unpaired) electrons. The molecule has 0 heterocycles. The van der Waals surface area contributed by atoms with E-state index in [0.717, 1.165) is 31.1 Å². The van der Waals surface area contributed by atoms with Gasteiger partial charge in [0.2, 0.25) is 0 Å². The Kier molecular flexibility index (Phi) is 2.45. The summed E-state index contributed by atoms with van der Waals surface area (Å²) in [7, 11) is 0. The van der Waals surface area contributed by atoms with Gasteiger partial charge >= 0.3 is 0 Å². The fraction of sp³-hybridized carbons (Fsp3) is 1.00. The average molecular weight is 238 g/mol. The lowest BCUT2D eigenvalue weighted by Gasteiger charge is -2.52. The third-order valence-electron chi connectivity index (χ3n) is 6.58. The summed E-state index contributed by atoms with van der Waals surface area (Å²) in [5, 5.41) is 20.3. The molecule has 3 saturated carbocycles. The van der Waals surface area contributed by atoms with Crippen molar-refractivity contribution in [3.8, 4) is 0 Å². The normalized spacial score (nSPS) is 55.9. The van der Waals surface area contributed by atoms with Crippen molar-refractivity contribution in [1.29, 1.82) is 0 Å². The van der Waals surface area contributed by atoms with Crippen LogP contribution in [0.5, 0.6) is 0 Å². The van der Waals surface area contributed by atoms with Crippen molar-refractivity contribution < 1.29 is 10.2 Å². The van der Waals surface area contributed by atoms with Gasteiger partial charge in [-0.1, -0.05) is 20.8 Å². The van der Waals surface area contributed by atoms with E-state index in [1.54, 1.807) is 0 Å². The molecule has 0 aromatic rings. The van der Waals surface area contributed by atoms with Crippen LogP contribution in [0.3, 0.4) is 0 Å². The second-order valence-corrected chi connectivity index (χ2v) is 7.48. The lowest BCUT2D eigenvalue weighted by molar-refractivity contribution is -0.132. The largest absolute Gasteiger partial charge is 0.396 e. The summed E-state index contributed by atoms with van der Waals surface area (Å²) in [6.45, 7) is 7.27. The molecule has 2 nitrogen and oxygen atoms in total. The van der Waals surface area contributed by atoms with Gasteiger partial charge < -0.3 is 10.2 Å². The van der Waals surface area contributed by atoms with E-state index in [1.807, 2.05) is 0 Å². The highest BCUT2D eigenvalue weighted by Gasteiger charge is 2.69. The summed E-state index contributed by atoms with van der Waals surface area (Å²) in [6, 6.07) is 0. The molecule has 3 fully saturated rings. The molecule has 3 aliphatic carbocycles. The first-order chi connectivity index (χ1) is 7.95. The van der Waals surface area contributed by atoms with Gasteiger partial charge in [-0.05, 0) is 54.8 Å². The van der Waals surface area contributed by atoms with Crippen LogP contribution in [0.1, 0.15) is 46.5 Å². The van der Waals surface area contributed by atoms with Gasteiger partial charge in [-0.2, -0.15) is 0 Å². The van der Waals surface area contributed by atoms with Crippen LogP contribution < -0.4 is 0 Å². The summed E-state index contributed by atoms with van der Waals surface area (Å²) in [6.07, 6.45) is 3.98. The van der Waals surface area contributed by atoms with Crippen molar-refractivity contribution in [2.45, 2.75) is 52.6 Å². The molecule has 0 bridgehead atoms. The van der Waals surface area contributed by atoms with E-state index >= 15 is 0 Å². The molecule has 0 spiro atoms. The molecule has 2 N–H and O–H groups in total. The minimum atomic E-state index is -0.272. The standard InChI is InChI=1S/C15H26O2/c1-9-4-5-11(17)15(8-16)7-6-10-13(12(9)15)14(10,2)3/h9-13,16-17H,4-8H2,1-3H3/t9-,10-,11+,12-,13-,15-/m1/s1. The van der Waals surface area contributed by atoms with Crippen molar-refractivity contribution in [2.75, 3.05) is 6.61 Å². The third kappa shape index (κ3) is 1.34. The Hall–Kier alpha value is -0.0800. The van der Waals surface area contributed by atoms with E-state index in [4.69, 9.17) is 0 Å². The molecule has 0 aromatic carbocycles. The summed E-state index contributed by atoms with van der Waals surface area (Å²) < 4.78 is 0. The number of aliphatic hydroxyl groups excluding tert-OH is 2. The molecule has 3 rings (SSSR count). The zero-order chi connectivity index (χ0) is 12.4. The second kappa shape index (κ2) is 3.48. The predicted molar refractivity (Wildman–Crippen MR) is 67.4 cm³/mol. The average Bonchev–Trinajstić information content (AvgIpc) is 2.86. The first kappa shape index (κ1) is 12.0. The first-order valence-corrected chi connectivity index (χ1v) is 7.24. The van der Waals surface area contributed by atoms with Crippen molar-refractivity contribution in [3.63, 3.8) is 0 Å². The molecule has 17 heavy (non-hydrogen) atoms. The zero-order valence-electron chi connectivity index (χ0n) is 11.3. The number of hydrogen-bond donors (Lipinski definition) is 2. The van der Waals surface area contributed by atoms with E-state index in [2.05, 4.69) is 20.8 Å². The maximum atomic E-state index is 10.4. The number of hydrogen-bond acceptors (Lipinski definition) is 2. The second-order valence-electron chi connectivity index (χ2n) is 7.48. The van der Waals surface area contributed by atoms with Gasteiger partial charge in [0.25, 0.3) is 0 Å². The van der Waals surface area contributed by atoms with Gasteiger partial charge in [-0.25, -0.2) is 0 Å². The lowest BCUT2D eigenvalue weighted by atomic mass is 9.54. The maximum Gasteiger partial charge on any atom is 0.0621 e. The van der Waals surface area contributed by atoms with Crippen LogP contribution in [0.2, 0.25) is 0 Å². The van der Waals surface area contributed by atoms with Crippen LogP contribution >= 0.6 is 0 Å². The van der Waals surface area contributed by atoms with Crippen LogP contribution in [-0.4, -0.2) is 22.9 Å². The van der Waals surface area contributed by atoms with Gasteiger partial charge in [0.1, 0.15) is 0 Å². The fourth-order valence-electron chi connectivity index (χ4n) is 5.49. The van der Waals surface area contributed by atoms with Crippen LogP contribution in [0.4, 0.5) is 0 Å². The van der Waals surface area contributed by atoms with Crippen LogP contribution in [0.15, 0.2) is 0 Å². The predicted octanol–water partition coefficient (Wildman–Crippen LogP) is 2.44. The number of fused-ring (bicyclic) bond motifs is 3. The van der Waals surface area contributed by atoms with Crippen LogP contribution in [0, 0.1) is 34.5 Å². The van der Waals surface area contributed by atoms with Gasteiger partial charge in [-0.3, -0.25) is 0 Å². The van der Waals surface area contributed by atoms with Crippen molar-refractivity contribution >= 4 is 0 Å². The maximum absolute atomic E-state index is 10.4. The Balaban J connectivity index is 1.97. The van der Waals surface area contributed by atoms with Gasteiger partial charge in [0, 0.05) is 5.41 Å². The van der Waals surface area contributed by atoms with Gasteiger partial charge in [-0.15, -0.1) is 0 Å². The summed E-state index contributed by atoms with van der Waals surface area (Å²) in [5.41, 5.74) is 0.277. The van der Waals surface area contributed by atoms with Crippen molar-refractivity contribution in [1.82, 2.24) is 0 Å². The molecular formula is C15H26O2. The Morgan fingerprint density at radius 2 is 1.82 bits per heavy atom. The molecule has 0 aliphatic heterocycles. The monoisotopic (exact) mass is 238 g/mol. The Bertz CT molecular complexity index is 325. The summed E-state index contributed by atoms with van der Waals surface area (Å²) in [5.74, 6) is 2.80. The summed E-state index contributed by atoms with van der Waals surface area (Å²) in [4.78, 5) is 0. The summed E-state index contributed by atoms with van der Waals surface area (Å²) >= 11 is 0. The molecule has 6 atom stereocenters. The highest BCUT2D eigenvalue weighted by Crippen LogP contribution is 2.73. The van der Waals surface area contributed by atoms with E-state index in [9.17, 15) is 10.2 Å². The van der Waals surface area contributed by atoms with E-state index in [-0.39, 0.29) is 18.1 Å². The molecule has 2 heteroatoms. The lowest BCUT2D eigenvalue weighted by Crippen LogP contribution is -2.53. The van der Waals surface area contributed by atoms with E-state index in [1.165, 1.54) is 6.42 Å². The molecule has 3 aliphatic rings. The Morgan fingerprint density at radius 3 is 2.47 bits per heavy atom. The minimum absolute atomic E-state index is 0.174. The Labute approximate surface area is 104 Å². The number of rotatable bonds is 1. The molecule has 98 valence electrons. The fourth-order valence-corrected chi connectivity index (χ4v) is 5.49. The zero-order valence-corrected chi connectivity index (χ0v) is 11.3. The highest BCUT2D eigenvalue weighted by molar-refractivity contribution is 5.17. The molecular weight excluding hydrogens is 212 g/mol. The van der Waals surface area contributed by atoms with Crippen molar-refractivity contribution in [2.24, 2.45) is 34.5 Å². The SMILES string of the molecule is C[C@@H]1CC[C@H](O)[C@]2(CO)CC[C@@H]3[C@H]([C@@H]12)C3(C)C.